The summed E-state index contributed by atoms with van der Waals surface area (Å²) in [5.41, 5.74) is 19.4. The van der Waals surface area contributed by atoms with Crippen LogP contribution >= 0.6 is 8.60 Å². The van der Waals surface area contributed by atoms with Crippen LogP contribution in [-0.2, 0) is 95.4 Å². The SMILES string of the molecule is CC1CC(OP(OC2(c3ccc(C(C)(C)C)cc3C(C)(C)C)CC(C)C2c2ccc(C(C)(C)C)cc2C(C)(C)C)OC2(c3ccc(C(C)(C)C)cc3C(C)(C)C)CC(C)C2c2ccc(C(C)(C)C)cc2C(C)(C)C)(c2ccc(C(C)(C)C)cc2C(C)(C)C)C1c1ccc(C(C)(C)C)cc1C(C)(C)C. The molecule has 6 aromatic carbocycles. The van der Waals surface area contributed by atoms with Crippen LogP contribution in [0.2, 0.25) is 0 Å². The van der Waals surface area contributed by atoms with Gasteiger partial charge in [-0.05, 0) is 202 Å². The maximum absolute atomic E-state index is 9.22. The van der Waals surface area contributed by atoms with E-state index >= 15 is 0 Å². The summed E-state index contributed by atoms with van der Waals surface area (Å²) in [6.45, 7) is 94.0. The van der Waals surface area contributed by atoms with Gasteiger partial charge in [0.1, 0.15) is 16.8 Å². The lowest BCUT2D eigenvalue weighted by Crippen LogP contribution is -2.55. The summed E-state index contributed by atoms with van der Waals surface area (Å²) in [6, 6.07) is 45.3. The maximum Gasteiger partial charge on any atom is 0.335 e. The van der Waals surface area contributed by atoms with Crippen molar-refractivity contribution in [2.45, 2.75) is 389 Å². The molecule has 0 spiro atoms. The van der Waals surface area contributed by atoms with Gasteiger partial charge in [-0.3, -0.25) is 13.6 Å². The zero-order valence-electron chi connectivity index (χ0n) is 73.1. The minimum atomic E-state index is -2.39. The van der Waals surface area contributed by atoms with Crippen molar-refractivity contribution in [2.75, 3.05) is 0 Å². The Hall–Kier alpha value is -4.37. The number of hydrogen-bond acceptors (Lipinski definition) is 3. The first kappa shape index (κ1) is 82.7. The van der Waals surface area contributed by atoms with Crippen molar-refractivity contribution in [1.82, 2.24) is 0 Å². The molecule has 566 valence electrons. The highest BCUT2D eigenvalue weighted by atomic mass is 31.2. The van der Waals surface area contributed by atoms with E-state index in [0.29, 0.717) is 0 Å². The van der Waals surface area contributed by atoms with Crippen LogP contribution in [0.25, 0.3) is 0 Å². The lowest BCUT2D eigenvalue weighted by Gasteiger charge is -2.61. The first-order valence-electron chi connectivity index (χ1n) is 40.1. The van der Waals surface area contributed by atoms with Gasteiger partial charge in [-0.1, -0.05) is 379 Å². The van der Waals surface area contributed by atoms with Crippen LogP contribution in [0.5, 0.6) is 0 Å². The summed E-state index contributed by atoms with van der Waals surface area (Å²) >= 11 is 0. The van der Waals surface area contributed by atoms with Gasteiger partial charge in [0.25, 0.3) is 0 Å². The fourth-order valence-corrected chi connectivity index (χ4v) is 20.1. The van der Waals surface area contributed by atoms with Gasteiger partial charge < -0.3 is 0 Å². The van der Waals surface area contributed by atoms with Gasteiger partial charge in [-0.15, -0.1) is 0 Å². The minimum Gasteiger partial charge on any atom is -0.300 e. The lowest BCUT2D eigenvalue weighted by molar-refractivity contribution is -0.161. The van der Waals surface area contributed by atoms with E-state index in [1.807, 2.05) is 0 Å². The van der Waals surface area contributed by atoms with Gasteiger partial charge in [0, 0.05) is 17.8 Å². The largest absolute Gasteiger partial charge is 0.335 e. The molecule has 0 bridgehead atoms. The fourth-order valence-electron chi connectivity index (χ4n) is 18.3. The Labute approximate surface area is 634 Å². The first-order chi connectivity index (χ1) is 46.3. The second-order valence-corrected chi connectivity index (χ2v) is 46.8. The van der Waals surface area contributed by atoms with Crippen molar-refractivity contribution in [1.29, 1.82) is 0 Å². The lowest BCUT2D eigenvalue weighted by atomic mass is 9.53. The predicted molar refractivity (Wildman–Crippen MR) is 448 cm³/mol. The van der Waals surface area contributed by atoms with Crippen molar-refractivity contribution < 1.29 is 13.6 Å². The van der Waals surface area contributed by atoms with Crippen molar-refractivity contribution in [3.8, 4) is 0 Å². The zero-order valence-corrected chi connectivity index (χ0v) is 74.0. The minimum absolute atomic E-state index is 0.0566. The van der Waals surface area contributed by atoms with Gasteiger partial charge >= 0.3 is 8.60 Å². The molecule has 103 heavy (non-hydrogen) atoms. The zero-order chi connectivity index (χ0) is 77.9. The third-order valence-corrected chi connectivity index (χ3v) is 25.9. The van der Waals surface area contributed by atoms with E-state index in [9.17, 15) is 13.6 Å². The van der Waals surface area contributed by atoms with Crippen molar-refractivity contribution in [3.05, 3.63) is 209 Å². The Morgan fingerprint density at radius 2 is 0.398 bits per heavy atom. The summed E-state index contributed by atoms with van der Waals surface area (Å²) in [5.74, 6) is 0.504. The molecule has 0 aliphatic heterocycles. The van der Waals surface area contributed by atoms with Crippen molar-refractivity contribution in [2.24, 2.45) is 17.8 Å². The van der Waals surface area contributed by atoms with Gasteiger partial charge in [-0.2, -0.15) is 0 Å². The molecule has 9 unspecified atom stereocenters. The molecule has 3 aliphatic carbocycles. The quantitative estimate of drug-likeness (QED) is 0.114. The Balaban J connectivity index is 1.52. The molecule has 0 N–H and O–H groups in total. The van der Waals surface area contributed by atoms with E-state index in [-0.39, 0.29) is 100 Å². The highest BCUT2D eigenvalue weighted by Crippen LogP contribution is 2.75. The van der Waals surface area contributed by atoms with E-state index in [0.717, 1.165) is 19.3 Å². The molecule has 0 heterocycles. The van der Waals surface area contributed by atoms with Crippen LogP contribution in [0, 0.1) is 17.8 Å². The van der Waals surface area contributed by atoms with Gasteiger partial charge in [0.15, 0.2) is 0 Å². The van der Waals surface area contributed by atoms with Crippen molar-refractivity contribution >= 4 is 8.60 Å². The highest BCUT2D eigenvalue weighted by molar-refractivity contribution is 7.41. The topological polar surface area (TPSA) is 27.7 Å². The molecule has 3 saturated carbocycles. The molecule has 9 atom stereocenters. The smallest absolute Gasteiger partial charge is 0.300 e. The molecule has 6 aromatic rings. The molecular formula is C99H147O3P. The van der Waals surface area contributed by atoms with E-state index in [2.05, 4.69) is 379 Å². The summed E-state index contributed by atoms with van der Waals surface area (Å²) in [4.78, 5) is 0. The monoisotopic (exact) mass is 1420 g/mol. The third-order valence-electron chi connectivity index (χ3n) is 24.4. The Bertz CT molecular complexity index is 3660. The second kappa shape index (κ2) is 26.7. The Morgan fingerprint density at radius 3 is 0.553 bits per heavy atom. The molecule has 0 amide bonds. The highest BCUT2D eigenvalue weighted by Gasteiger charge is 2.66. The van der Waals surface area contributed by atoms with E-state index in [1.54, 1.807) is 0 Å². The third kappa shape index (κ3) is 16.1. The van der Waals surface area contributed by atoms with Crippen LogP contribution < -0.4 is 0 Å². The first-order valence-corrected chi connectivity index (χ1v) is 41.2. The molecule has 4 heteroatoms. The molecule has 3 nitrogen and oxygen atoms in total. The molecule has 0 saturated heterocycles. The van der Waals surface area contributed by atoms with Crippen molar-refractivity contribution in [3.63, 3.8) is 0 Å². The van der Waals surface area contributed by atoms with E-state index in [4.69, 9.17) is 0 Å². The molecule has 0 radical (unpaired) electrons. The fraction of sp³-hybridized carbons (Fsp3) is 0.636. The molecule has 9 rings (SSSR count). The van der Waals surface area contributed by atoms with Gasteiger partial charge in [0.05, 0.1) is 0 Å². The van der Waals surface area contributed by atoms with Crippen LogP contribution in [-0.4, -0.2) is 0 Å². The summed E-state index contributed by atoms with van der Waals surface area (Å²) in [7, 11) is -2.39. The second-order valence-electron chi connectivity index (χ2n) is 45.8. The molecule has 3 aliphatic rings. The molecule has 0 aromatic heterocycles. The molecular weight excluding hydrogens is 1270 g/mol. The average Bonchev–Trinajstić information content (AvgIpc) is 0.694. The summed E-state index contributed by atoms with van der Waals surface area (Å²) < 4.78 is 27.7. The normalized spacial score (nSPS) is 24.7. The van der Waals surface area contributed by atoms with E-state index < -0.39 is 25.4 Å². The Morgan fingerprint density at radius 1 is 0.233 bits per heavy atom. The standard InChI is InChI=1S/C99H147O3P/c1-61-58-97(73-49-43-67(88(13,14)15)55-79(73)94(31,32)33,82(61)70-46-40-64(85(4,5)6)52-76(70)91(22,23)24)100-103(101-98(74-50-44-68(89(16,17)18)56-80(74)95(34,35)36)59-62(2)83(98)71-47-41-65(86(7,8)9)53-77(71)92(25,26)27)102-99(75-51-45-69(90(19,20)21)57-81(75)96(37,38)39)60-63(3)84(99)72-48-42-66(87(10,11)12)54-78(72)93(28,29)30/h40-57,61-63,82-84H,58-60H2,1-39H3. The summed E-state index contributed by atoms with van der Waals surface area (Å²) in [5, 5.41) is 0. The van der Waals surface area contributed by atoms with E-state index in [1.165, 1.54) is 100 Å². The number of rotatable bonds is 12. The Kier molecular flexibility index (Phi) is 21.5. The average molecular weight is 1420 g/mol. The van der Waals surface area contributed by atoms with Crippen LogP contribution in [0.4, 0.5) is 0 Å². The van der Waals surface area contributed by atoms with Crippen LogP contribution in [0.3, 0.4) is 0 Å². The number of hydrogen-bond donors (Lipinski definition) is 0. The predicted octanol–water partition coefficient (Wildman–Crippen LogP) is 29.0. The maximum atomic E-state index is 9.22. The van der Waals surface area contributed by atoms with Crippen LogP contribution in [0.1, 0.15) is 407 Å². The van der Waals surface area contributed by atoms with Gasteiger partial charge in [-0.25, -0.2) is 0 Å². The van der Waals surface area contributed by atoms with Gasteiger partial charge in [0.2, 0.25) is 0 Å². The summed E-state index contributed by atoms with van der Waals surface area (Å²) in [6.07, 6.45) is 2.37. The number of benzene rings is 6. The van der Waals surface area contributed by atoms with Crippen LogP contribution in [0.15, 0.2) is 109 Å². The molecule has 3 fully saturated rings.